The monoisotopic (exact) mass is 484 g/mol. The van der Waals surface area contributed by atoms with Gasteiger partial charge in [-0.1, -0.05) is 60.7 Å². The molecule has 0 unspecified atom stereocenters. The zero-order valence-electron chi connectivity index (χ0n) is 18.5. The first-order chi connectivity index (χ1) is 16.1. The number of rotatable bonds is 2. The third-order valence-electron chi connectivity index (χ3n) is 6.63. The van der Waals surface area contributed by atoms with E-state index in [9.17, 15) is 16.8 Å². The van der Waals surface area contributed by atoms with Crippen molar-refractivity contribution in [3.8, 4) is 0 Å². The van der Waals surface area contributed by atoms with Gasteiger partial charge in [0.05, 0.1) is 9.79 Å². The zero-order valence-corrected chi connectivity index (χ0v) is 20.2. The number of sulfone groups is 2. The van der Waals surface area contributed by atoms with Gasteiger partial charge in [0.25, 0.3) is 0 Å². The molecule has 0 heterocycles. The van der Waals surface area contributed by atoms with Crippen LogP contribution < -0.4 is 0 Å². The van der Waals surface area contributed by atoms with Crippen molar-refractivity contribution in [3.05, 3.63) is 84.9 Å². The molecule has 0 fully saturated rings. The Labute approximate surface area is 197 Å². The van der Waals surface area contributed by atoms with Gasteiger partial charge in [0.1, 0.15) is 0 Å². The molecule has 0 amide bonds. The predicted octanol–water partition coefficient (Wildman–Crippen LogP) is 6.26. The van der Waals surface area contributed by atoms with E-state index in [0.717, 1.165) is 53.9 Å². The van der Waals surface area contributed by atoms with Crippen molar-refractivity contribution in [2.24, 2.45) is 0 Å². The molecule has 0 radical (unpaired) electrons. The average molecular weight is 485 g/mol. The van der Waals surface area contributed by atoms with E-state index in [1.165, 1.54) is 12.5 Å². The van der Waals surface area contributed by atoms with Crippen LogP contribution >= 0.6 is 0 Å². The van der Waals surface area contributed by atoms with Crippen LogP contribution in [-0.4, -0.2) is 29.3 Å². The maximum atomic E-state index is 12.0. The molecule has 0 aromatic heterocycles. The largest absolute Gasteiger partial charge is 0.224 e. The summed E-state index contributed by atoms with van der Waals surface area (Å²) in [6, 6.07) is 27.0. The van der Waals surface area contributed by atoms with Crippen molar-refractivity contribution in [3.63, 3.8) is 0 Å². The van der Waals surface area contributed by atoms with Gasteiger partial charge in [-0.15, -0.1) is 0 Å². The minimum atomic E-state index is -3.27. The van der Waals surface area contributed by atoms with Gasteiger partial charge in [-0.05, 0) is 78.1 Å². The number of fused-ring (bicyclic) bond motifs is 9. The van der Waals surface area contributed by atoms with Crippen molar-refractivity contribution in [2.75, 3.05) is 12.5 Å². The van der Waals surface area contributed by atoms with Crippen molar-refractivity contribution in [1.82, 2.24) is 0 Å². The van der Waals surface area contributed by atoms with Gasteiger partial charge in [0.2, 0.25) is 0 Å². The Kier molecular flexibility index (Phi) is 4.35. The van der Waals surface area contributed by atoms with Gasteiger partial charge in [-0.2, -0.15) is 0 Å². The number of hydrogen-bond acceptors (Lipinski definition) is 4. The minimum absolute atomic E-state index is 0.317. The average Bonchev–Trinajstić information content (AvgIpc) is 2.81. The molecule has 0 aliphatic heterocycles. The maximum Gasteiger partial charge on any atom is 0.175 e. The molecule has 0 bridgehead atoms. The highest BCUT2D eigenvalue weighted by molar-refractivity contribution is 7.91. The summed E-state index contributed by atoms with van der Waals surface area (Å²) in [6.45, 7) is 0. The van der Waals surface area contributed by atoms with Crippen molar-refractivity contribution >= 4 is 73.5 Å². The maximum absolute atomic E-state index is 12.0. The van der Waals surface area contributed by atoms with Crippen LogP contribution in [0.25, 0.3) is 53.9 Å². The fraction of sp³-hybridized carbons (Fsp3) is 0.0714. The first-order valence-electron chi connectivity index (χ1n) is 10.8. The van der Waals surface area contributed by atoms with Gasteiger partial charge in [0.15, 0.2) is 19.7 Å². The van der Waals surface area contributed by atoms with Crippen LogP contribution in [0.5, 0.6) is 0 Å². The normalized spacial score (nSPS) is 12.9. The van der Waals surface area contributed by atoms with Crippen molar-refractivity contribution < 1.29 is 16.8 Å². The molecule has 168 valence electrons. The Bertz CT molecular complexity index is 1910. The van der Waals surface area contributed by atoms with E-state index < -0.39 is 19.7 Å². The van der Waals surface area contributed by atoms with Gasteiger partial charge in [0, 0.05) is 12.5 Å². The molecule has 6 heteroatoms. The lowest BCUT2D eigenvalue weighted by Crippen LogP contribution is -1.96. The van der Waals surface area contributed by atoms with E-state index in [2.05, 4.69) is 36.4 Å². The second-order valence-corrected chi connectivity index (χ2v) is 12.9. The molecule has 6 rings (SSSR count). The molecular weight excluding hydrogens is 464 g/mol. The molecule has 0 spiro atoms. The SMILES string of the molecule is CS(=O)(=O)c1ccc2c(ccc3c2ccc2c4ccc5cc(S(C)(=O)=O)ccc5c4ccc32)c1. The van der Waals surface area contributed by atoms with E-state index in [0.29, 0.717) is 9.79 Å². The first-order valence-corrected chi connectivity index (χ1v) is 14.5. The molecule has 4 nitrogen and oxygen atoms in total. The van der Waals surface area contributed by atoms with E-state index in [1.807, 2.05) is 24.3 Å². The standard InChI is InChI=1S/C28H20O4S2/c1-33(29,30)19-5-9-21-17(15-19)3-7-25-23(21)11-13-28-26-8-4-18-16-20(34(2,31)32)6-10-22(18)24(26)12-14-27(25)28/h3-16H,1-2H3. The number of benzene rings is 6. The molecule has 6 aromatic carbocycles. The second-order valence-electron chi connectivity index (χ2n) is 8.86. The molecule has 0 aliphatic rings. The van der Waals surface area contributed by atoms with Gasteiger partial charge in [-0.3, -0.25) is 0 Å². The molecule has 0 saturated carbocycles. The van der Waals surface area contributed by atoms with Crippen molar-refractivity contribution in [2.45, 2.75) is 9.79 Å². The molecule has 0 atom stereocenters. The summed E-state index contributed by atoms with van der Waals surface area (Å²) in [4.78, 5) is 0.633. The summed E-state index contributed by atoms with van der Waals surface area (Å²) < 4.78 is 47.9. The third-order valence-corrected chi connectivity index (χ3v) is 8.85. The topological polar surface area (TPSA) is 68.3 Å². The molecule has 0 saturated heterocycles. The Balaban J connectivity index is 1.64. The second kappa shape index (κ2) is 7.01. The van der Waals surface area contributed by atoms with Crippen LogP contribution in [0.2, 0.25) is 0 Å². The molecule has 0 N–H and O–H groups in total. The Morgan fingerprint density at radius 2 is 0.647 bits per heavy atom. The zero-order chi connectivity index (χ0) is 23.8. The van der Waals surface area contributed by atoms with E-state index in [1.54, 1.807) is 24.3 Å². The highest BCUT2D eigenvalue weighted by Crippen LogP contribution is 2.37. The van der Waals surface area contributed by atoms with Crippen LogP contribution in [0.4, 0.5) is 0 Å². The summed E-state index contributed by atoms with van der Waals surface area (Å²) in [5, 5.41) is 10.4. The van der Waals surface area contributed by atoms with Crippen molar-refractivity contribution in [1.29, 1.82) is 0 Å². The van der Waals surface area contributed by atoms with Crippen LogP contribution in [0.3, 0.4) is 0 Å². The first kappa shape index (κ1) is 21.1. The summed E-state index contributed by atoms with van der Waals surface area (Å²) in [5.41, 5.74) is 0. The molecule has 34 heavy (non-hydrogen) atoms. The van der Waals surface area contributed by atoms with Crippen LogP contribution in [0.1, 0.15) is 0 Å². The Hall–Kier alpha value is -3.48. The highest BCUT2D eigenvalue weighted by Gasteiger charge is 2.13. The summed E-state index contributed by atoms with van der Waals surface area (Å²) >= 11 is 0. The van der Waals surface area contributed by atoms with Gasteiger partial charge < -0.3 is 0 Å². The smallest absolute Gasteiger partial charge is 0.175 e. The lowest BCUT2D eigenvalue weighted by molar-refractivity contribution is 0.600. The molecule has 0 aliphatic carbocycles. The molecular formula is C28H20O4S2. The lowest BCUT2D eigenvalue weighted by atomic mass is 9.92. The van der Waals surface area contributed by atoms with Crippen LogP contribution in [0.15, 0.2) is 94.7 Å². The highest BCUT2D eigenvalue weighted by atomic mass is 32.2. The van der Waals surface area contributed by atoms with Gasteiger partial charge in [-0.25, -0.2) is 16.8 Å². The number of hydrogen-bond donors (Lipinski definition) is 0. The summed E-state index contributed by atoms with van der Waals surface area (Å²) in [7, 11) is -6.54. The van der Waals surface area contributed by atoms with Crippen LogP contribution in [0, 0.1) is 0 Å². The quantitative estimate of drug-likeness (QED) is 0.272. The van der Waals surface area contributed by atoms with Gasteiger partial charge >= 0.3 is 0 Å². The molecule has 6 aromatic rings. The fourth-order valence-electron chi connectivity index (χ4n) is 4.94. The minimum Gasteiger partial charge on any atom is -0.224 e. The van der Waals surface area contributed by atoms with E-state index >= 15 is 0 Å². The Morgan fingerprint density at radius 1 is 0.382 bits per heavy atom. The summed E-state index contributed by atoms with van der Waals surface area (Å²) in [5.74, 6) is 0. The third kappa shape index (κ3) is 3.17. The Morgan fingerprint density at radius 3 is 0.971 bits per heavy atom. The van der Waals surface area contributed by atoms with E-state index in [4.69, 9.17) is 0 Å². The predicted molar refractivity (Wildman–Crippen MR) is 140 cm³/mol. The van der Waals surface area contributed by atoms with E-state index in [-0.39, 0.29) is 0 Å². The summed E-state index contributed by atoms with van der Waals surface area (Å²) in [6.07, 6.45) is 2.44. The van der Waals surface area contributed by atoms with Crippen LogP contribution in [-0.2, 0) is 19.7 Å². The lowest BCUT2D eigenvalue weighted by Gasteiger charge is -2.12. The fourth-order valence-corrected chi connectivity index (χ4v) is 6.25.